The third-order valence-electron chi connectivity index (χ3n) is 5.20. The molecule has 32 heavy (non-hydrogen) atoms. The first-order valence-corrected chi connectivity index (χ1v) is 10.6. The van der Waals surface area contributed by atoms with Gasteiger partial charge in [0.05, 0.1) is 12.1 Å². The van der Waals surface area contributed by atoms with E-state index in [4.69, 9.17) is 30.4 Å². The minimum absolute atomic E-state index is 0.150. The van der Waals surface area contributed by atoms with E-state index in [1.165, 1.54) is 4.90 Å². The SMILES string of the molecule is C/C=C1/OCO/C1=C/C.CC(C(=O)c1ccc2c(c1)OCO2)N(C)C(=O)C(N)CCCN. The largest absolute Gasteiger partial charge is 0.454 e. The van der Waals surface area contributed by atoms with Gasteiger partial charge in [0.1, 0.15) is 0 Å². The first-order valence-electron chi connectivity index (χ1n) is 10.6. The summed E-state index contributed by atoms with van der Waals surface area (Å²) < 4.78 is 20.6. The number of fused-ring (bicyclic) bond motifs is 1. The van der Waals surface area contributed by atoms with Crippen molar-refractivity contribution in [1.29, 1.82) is 0 Å². The molecule has 0 radical (unpaired) electrons. The van der Waals surface area contributed by atoms with E-state index in [9.17, 15) is 9.59 Å². The molecule has 176 valence electrons. The van der Waals surface area contributed by atoms with E-state index in [0.29, 0.717) is 43.2 Å². The van der Waals surface area contributed by atoms with E-state index < -0.39 is 12.1 Å². The third-order valence-corrected chi connectivity index (χ3v) is 5.20. The van der Waals surface area contributed by atoms with Gasteiger partial charge in [-0.15, -0.1) is 0 Å². The standard InChI is InChI=1S/C16H23N3O4.C7H10O2/c1-10(19(2)16(21)12(18)4-3-7-17)15(20)11-5-6-13-14(8-11)23-9-22-13;1-3-6-7(4-2)9-5-8-6/h5-6,8,10,12H,3-4,7,9,17-18H2,1-2H3;3-4H,5H2,1-2H3/b;6-3+,7-4+. The quantitative estimate of drug-likeness (QED) is 0.610. The molecule has 9 nitrogen and oxygen atoms in total. The van der Waals surface area contributed by atoms with E-state index >= 15 is 0 Å². The van der Waals surface area contributed by atoms with Crippen LogP contribution in [0.5, 0.6) is 11.5 Å². The molecule has 2 aliphatic heterocycles. The van der Waals surface area contributed by atoms with Crippen molar-refractivity contribution in [2.24, 2.45) is 11.5 Å². The zero-order valence-corrected chi connectivity index (χ0v) is 19.1. The number of Topliss-reactive ketones (excluding diaryl/α,β-unsaturated/α-hetero) is 1. The summed E-state index contributed by atoms with van der Waals surface area (Å²) in [6.07, 6.45) is 4.96. The molecule has 0 spiro atoms. The van der Waals surface area contributed by atoms with Crippen molar-refractivity contribution in [1.82, 2.24) is 4.90 Å². The molecule has 2 unspecified atom stereocenters. The Labute approximate surface area is 188 Å². The Morgan fingerprint density at radius 2 is 1.66 bits per heavy atom. The van der Waals surface area contributed by atoms with Crippen LogP contribution < -0.4 is 20.9 Å². The lowest BCUT2D eigenvalue weighted by atomic mass is 10.0. The van der Waals surface area contributed by atoms with Gasteiger partial charge in [0.25, 0.3) is 0 Å². The smallest absolute Gasteiger partial charge is 0.239 e. The van der Waals surface area contributed by atoms with Gasteiger partial charge in [-0.3, -0.25) is 9.59 Å². The average Bonchev–Trinajstić information content (AvgIpc) is 3.49. The highest BCUT2D eigenvalue weighted by atomic mass is 16.7. The summed E-state index contributed by atoms with van der Waals surface area (Å²) >= 11 is 0. The van der Waals surface area contributed by atoms with Crippen molar-refractivity contribution in [2.75, 3.05) is 27.2 Å². The van der Waals surface area contributed by atoms with Gasteiger partial charge >= 0.3 is 0 Å². The molecule has 1 amide bonds. The Bertz CT molecular complexity index is 849. The van der Waals surface area contributed by atoms with E-state index in [1.807, 2.05) is 26.0 Å². The van der Waals surface area contributed by atoms with Crippen LogP contribution in [0.25, 0.3) is 0 Å². The van der Waals surface area contributed by atoms with Crippen molar-refractivity contribution in [3.05, 3.63) is 47.4 Å². The van der Waals surface area contributed by atoms with Gasteiger partial charge < -0.3 is 35.3 Å². The molecule has 2 heterocycles. The summed E-state index contributed by atoms with van der Waals surface area (Å²) in [5.74, 6) is 2.40. The van der Waals surface area contributed by atoms with Gasteiger partial charge in [-0.05, 0) is 70.5 Å². The van der Waals surface area contributed by atoms with Gasteiger partial charge in [0, 0.05) is 12.6 Å². The highest BCUT2D eigenvalue weighted by Crippen LogP contribution is 2.33. The minimum atomic E-state index is -0.643. The topological polar surface area (TPSA) is 126 Å². The summed E-state index contributed by atoms with van der Waals surface area (Å²) in [4.78, 5) is 26.2. The Morgan fingerprint density at radius 1 is 1.06 bits per heavy atom. The van der Waals surface area contributed by atoms with Crippen LogP contribution in [0.15, 0.2) is 41.9 Å². The number of nitrogens with two attached hydrogens (primary N) is 2. The number of carbonyl (C=O) groups is 2. The highest BCUT2D eigenvalue weighted by molar-refractivity contribution is 6.02. The molecule has 2 aliphatic rings. The minimum Gasteiger partial charge on any atom is -0.454 e. The number of ketones is 1. The van der Waals surface area contributed by atoms with Crippen LogP contribution in [0.2, 0.25) is 0 Å². The number of carbonyl (C=O) groups excluding carboxylic acids is 2. The second kappa shape index (κ2) is 12.1. The number of allylic oxidation sites excluding steroid dienone is 2. The van der Waals surface area contributed by atoms with E-state index in [2.05, 4.69) is 0 Å². The van der Waals surface area contributed by atoms with Gasteiger partial charge in [0.15, 0.2) is 28.8 Å². The Balaban J connectivity index is 0.000000336. The van der Waals surface area contributed by atoms with Crippen molar-refractivity contribution >= 4 is 11.7 Å². The van der Waals surface area contributed by atoms with Crippen molar-refractivity contribution < 1.29 is 28.5 Å². The maximum absolute atomic E-state index is 12.6. The number of hydrogen-bond acceptors (Lipinski definition) is 8. The number of benzene rings is 1. The first-order chi connectivity index (χ1) is 15.3. The van der Waals surface area contributed by atoms with Crippen molar-refractivity contribution in [3.63, 3.8) is 0 Å². The summed E-state index contributed by atoms with van der Waals surface area (Å²) in [6, 6.07) is 3.73. The molecule has 2 atom stereocenters. The third kappa shape index (κ3) is 6.24. The summed E-state index contributed by atoms with van der Waals surface area (Å²) in [5.41, 5.74) is 11.8. The van der Waals surface area contributed by atoms with Crippen LogP contribution in [-0.4, -0.2) is 55.9 Å². The lowest BCUT2D eigenvalue weighted by Crippen LogP contribution is -2.48. The predicted molar refractivity (Wildman–Crippen MR) is 120 cm³/mol. The van der Waals surface area contributed by atoms with Gasteiger partial charge in [-0.1, -0.05) is 0 Å². The summed E-state index contributed by atoms with van der Waals surface area (Å²) in [7, 11) is 1.58. The normalized spacial score (nSPS) is 18.3. The Morgan fingerprint density at radius 3 is 2.25 bits per heavy atom. The van der Waals surface area contributed by atoms with Crippen molar-refractivity contribution in [2.45, 2.75) is 45.7 Å². The molecule has 1 aromatic carbocycles. The van der Waals surface area contributed by atoms with Crippen LogP contribution in [0.4, 0.5) is 0 Å². The number of hydrogen-bond donors (Lipinski definition) is 2. The predicted octanol–water partition coefficient (Wildman–Crippen LogP) is 2.31. The molecular weight excluding hydrogens is 414 g/mol. The molecule has 1 saturated heterocycles. The molecule has 0 bridgehead atoms. The van der Waals surface area contributed by atoms with Crippen molar-refractivity contribution in [3.8, 4) is 11.5 Å². The number of likely N-dealkylation sites (N-methyl/N-ethyl adjacent to an activating group) is 1. The molecule has 4 N–H and O–H groups in total. The fraction of sp³-hybridized carbons (Fsp3) is 0.478. The average molecular weight is 448 g/mol. The second-order valence-corrected chi connectivity index (χ2v) is 7.31. The lowest BCUT2D eigenvalue weighted by Gasteiger charge is -2.26. The van der Waals surface area contributed by atoms with Crippen LogP contribution in [0.1, 0.15) is 44.0 Å². The first kappa shape index (κ1) is 25.2. The molecular formula is C23H33N3O6. The molecule has 0 aromatic heterocycles. The fourth-order valence-corrected chi connectivity index (χ4v) is 3.13. The molecule has 1 fully saturated rings. The number of nitrogens with zero attached hydrogens (tertiary/aromatic N) is 1. The molecule has 1 aromatic rings. The Hall–Kier alpha value is -3.04. The molecule has 0 aliphatic carbocycles. The highest BCUT2D eigenvalue weighted by Gasteiger charge is 2.27. The van der Waals surface area contributed by atoms with Gasteiger partial charge in [-0.2, -0.15) is 0 Å². The summed E-state index contributed by atoms with van der Waals surface area (Å²) in [6.45, 7) is 6.52. The summed E-state index contributed by atoms with van der Waals surface area (Å²) in [5, 5.41) is 0. The fourth-order valence-electron chi connectivity index (χ4n) is 3.13. The van der Waals surface area contributed by atoms with E-state index in [1.54, 1.807) is 32.2 Å². The van der Waals surface area contributed by atoms with E-state index in [-0.39, 0.29) is 18.5 Å². The maximum atomic E-state index is 12.6. The number of ether oxygens (including phenoxy) is 4. The second-order valence-electron chi connectivity index (χ2n) is 7.31. The Kier molecular flexibility index (Phi) is 9.55. The zero-order chi connectivity index (χ0) is 23.7. The number of amides is 1. The van der Waals surface area contributed by atoms with Gasteiger partial charge in [-0.25, -0.2) is 0 Å². The van der Waals surface area contributed by atoms with Crippen LogP contribution in [0.3, 0.4) is 0 Å². The zero-order valence-electron chi connectivity index (χ0n) is 19.1. The molecule has 9 heteroatoms. The lowest BCUT2D eigenvalue weighted by molar-refractivity contribution is -0.132. The van der Waals surface area contributed by atoms with Crippen LogP contribution in [0, 0.1) is 0 Å². The monoisotopic (exact) mass is 447 g/mol. The van der Waals surface area contributed by atoms with Gasteiger partial charge in [0.2, 0.25) is 19.5 Å². The van der Waals surface area contributed by atoms with Crippen LogP contribution in [-0.2, 0) is 14.3 Å². The maximum Gasteiger partial charge on any atom is 0.239 e. The molecule has 0 saturated carbocycles. The van der Waals surface area contributed by atoms with Crippen LogP contribution >= 0.6 is 0 Å². The molecule has 3 rings (SSSR count). The number of rotatable bonds is 7. The van der Waals surface area contributed by atoms with E-state index in [0.717, 1.165) is 11.5 Å².